The molecule has 3 rings (SSSR count). The predicted molar refractivity (Wildman–Crippen MR) is 107 cm³/mol. The molecule has 2 aromatic heterocycles. The largest absolute Gasteiger partial charge is 0.497 e. The monoisotopic (exact) mass is 386 g/mol. The highest BCUT2D eigenvalue weighted by Crippen LogP contribution is 2.23. The van der Waals surface area contributed by atoms with Gasteiger partial charge in [-0.15, -0.1) is 11.3 Å². The second-order valence-electron chi connectivity index (χ2n) is 6.20. The average molecular weight is 386 g/mol. The fourth-order valence-electron chi connectivity index (χ4n) is 2.81. The van der Waals surface area contributed by atoms with Crippen LogP contribution in [0.25, 0.3) is 10.9 Å². The van der Waals surface area contributed by atoms with E-state index in [-0.39, 0.29) is 11.8 Å². The van der Waals surface area contributed by atoms with Gasteiger partial charge in [0, 0.05) is 42.0 Å². The van der Waals surface area contributed by atoms with Gasteiger partial charge in [0.1, 0.15) is 11.4 Å². The maximum Gasteiger partial charge on any atom is 0.267 e. The van der Waals surface area contributed by atoms with Gasteiger partial charge in [0.2, 0.25) is 5.91 Å². The highest BCUT2D eigenvalue weighted by atomic mass is 32.1. The number of benzene rings is 1. The van der Waals surface area contributed by atoms with E-state index in [9.17, 15) is 9.59 Å². The van der Waals surface area contributed by atoms with Crippen LogP contribution in [0.1, 0.15) is 28.2 Å². The molecule has 3 aromatic rings. The van der Waals surface area contributed by atoms with Crippen molar-refractivity contribution < 1.29 is 14.3 Å². The third kappa shape index (κ3) is 4.46. The summed E-state index contributed by atoms with van der Waals surface area (Å²) in [6.07, 6.45) is 2.60. The molecule has 27 heavy (non-hydrogen) atoms. The smallest absolute Gasteiger partial charge is 0.267 e. The number of fused-ring (bicyclic) bond motifs is 1. The summed E-state index contributed by atoms with van der Waals surface area (Å²) in [5.74, 6) is 0.486. The summed E-state index contributed by atoms with van der Waals surface area (Å²) in [6.45, 7) is 2.36. The van der Waals surface area contributed by atoms with E-state index in [1.807, 2.05) is 42.8 Å². The molecule has 0 aliphatic carbocycles. The van der Waals surface area contributed by atoms with Crippen LogP contribution in [0, 0.1) is 6.92 Å². The third-order valence-corrected chi connectivity index (χ3v) is 5.04. The molecule has 0 saturated carbocycles. The fraction of sp³-hybridized carbons (Fsp3) is 0.316. The van der Waals surface area contributed by atoms with E-state index in [1.54, 1.807) is 13.3 Å². The van der Waals surface area contributed by atoms with Crippen molar-refractivity contribution >= 4 is 39.2 Å². The number of methoxy groups -OCH3 is 1. The maximum atomic E-state index is 12.5. The van der Waals surface area contributed by atoms with Crippen LogP contribution in [0.2, 0.25) is 0 Å². The number of thiazole rings is 1. The first-order valence-electron chi connectivity index (χ1n) is 8.62. The molecule has 0 radical (unpaired) electrons. The zero-order chi connectivity index (χ0) is 19.4. The summed E-state index contributed by atoms with van der Waals surface area (Å²) >= 11 is 1.44. The molecule has 0 saturated heterocycles. The van der Waals surface area contributed by atoms with E-state index < -0.39 is 0 Å². The Balaban J connectivity index is 1.51. The van der Waals surface area contributed by atoms with Crippen LogP contribution in [0.5, 0.6) is 5.75 Å². The number of hydrogen-bond acceptors (Lipinski definition) is 5. The number of hydrogen-bond donors (Lipinski definition) is 2. The molecule has 2 heterocycles. The summed E-state index contributed by atoms with van der Waals surface area (Å²) in [5, 5.41) is 7.18. The SMILES string of the molecule is COc1ccc2c(c1)cc(C(=O)NCCCC(=O)Nc1ncc(C)s1)n2C. The first kappa shape index (κ1) is 18.9. The highest BCUT2D eigenvalue weighted by Gasteiger charge is 2.14. The van der Waals surface area contributed by atoms with E-state index in [2.05, 4.69) is 15.6 Å². The number of carbonyl (C=O) groups excluding carboxylic acids is 2. The Morgan fingerprint density at radius 1 is 1.30 bits per heavy atom. The van der Waals surface area contributed by atoms with E-state index >= 15 is 0 Å². The summed E-state index contributed by atoms with van der Waals surface area (Å²) in [6, 6.07) is 7.53. The molecule has 2 amide bonds. The average Bonchev–Trinajstić information content (AvgIpc) is 3.21. The van der Waals surface area contributed by atoms with Crippen LogP contribution in [0.3, 0.4) is 0 Å². The number of aryl methyl sites for hydroxylation is 2. The minimum Gasteiger partial charge on any atom is -0.497 e. The maximum absolute atomic E-state index is 12.5. The van der Waals surface area contributed by atoms with E-state index in [4.69, 9.17) is 4.74 Å². The van der Waals surface area contributed by atoms with E-state index in [0.717, 1.165) is 21.5 Å². The number of nitrogens with one attached hydrogen (secondary N) is 2. The number of rotatable bonds is 7. The number of nitrogens with zero attached hydrogens (tertiary/aromatic N) is 2. The van der Waals surface area contributed by atoms with Crippen molar-refractivity contribution in [1.29, 1.82) is 0 Å². The quantitative estimate of drug-likeness (QED) is 0.611. The molecular formula is C19H22N4O3S. The molecule has 0 unspecified atom stereocenters. The van der Waals surface area contributed by atoms with Crippen molar-refractivity contribution in [1.82, 2.24) is 14.9 Å². The van der Waals surface area contributed by atoms with Gasteiger partial charge in [-0.1, -0.05) is 0 Å². The van der Waals surface area contributed by atoms with Crippen LogP contribution < -0.4 is 15.4 Å². The third-order valence-electron chi connectivity index (χ3n) is 4.22. The minimum absolute atomic E-state index is 0.102. The van der Waals surface area contributed by atoms with Gasteiger partial charge in [0.05, 0.1) is 7.11 Å². The first-order valence-corrected chi connectivity index (χ1v) is 9.43. The molecule has 7 nitrogen and oxygen atoms in total. The van der Waals surface area contributed by atoms with Gasteiger partial charge in [0.15, 0.2) is 5.13 Å². The van der Waals surface area contributed by atoms with Gasteiger partial charge < -0.3 is 19.9 Å². The van der Waals surface area contributed by atoms with Gasteiger partial charge in [-0.05, 0) is 37.6 Å². The van der Waals surface area contributed by atoms with Gasteiger partial charge in [-0.2, -0.15) is 0 Å². The second-order valence-corrected chi connectivity index (χ2v) is 7.43. The lowest BCUT2D eigenvalue weighted by Gasteiger charge is -2.07. The Morgan fingerprint density at radius 3 is 2.81 bits per heavy atom. The molecule has 0 aliphatic heterocycles. The Kier molecular flexibility index (Phi) is 5.75. The van der Waals surface area contributed by atoms with Crippen molar-refractivity contribution in [2.45, 2.75) is 19.8 Å². The van der Waals surface area contributed by atoms with Gasteiger partial charge >= 0.3 is 0 Å². The first-order chi connectivity index (χ1) is 13.0. The molecule has 1 aromatic carbocycles. The Hall–Kier alpha value is -2.87. The molecule has 0 aliphatic rings. The number of amides is 2. The number of anilines is 1. The van der Waals surface area contributed by atoms with Gasteiger partial charge in [0.25, 0.3) is 5.91 Å². The lowest BCUT2D eigenvalue weighted by Crippen LogP contribution is -2.27. The highest BCUT2D eigenvalue weighted by molar-refractivity contribution is 7.15. The molecule has 142 valence electrons. The predicted octanol–water partition coefficient (Wildman–Crippen LogP) is 3.10. The number of carbonyl (C=O) groups is 2. The summed E-state index contributed by atoms with van der Waals surface area (Å²) in [7, 11) is 3.47. The fourth-order valence-corrected chi connectivity index (χ4v) is 3.49. The van der Waals surface area contributed by atoms with Crippen LogP contribution in [-0.2, 0) is 11.8 Å². The lowest BCUT2D eigenvalue weighted by atomic mass is 10.2. The summed E-state index contributed by atoms with van der Waals surface area (Å²) < 4.78 is 7.08. The molecule has 8 heteroatoms. The van der Waals surface area contributed by atoms with Crippen molar-refractivity contribution in [3.63, 3.8) is 0 Å². The molecule has 0 bridgehead atoms. The molecule has 0 atom stereocenters. The molecule has 2 N–H and O–H groups in total. The van der Waals surface area contributed by atoms with Crippen LogP contribution in [0.15, 0.2) is 30.5 Å². The second kappa shape index (κ2) is 8.22. The van der Waals surface area contributed by atoms with Gasteiger partial charge in [-0.3, -0.25) is 9.59 Å². The van der Waals surface area contributed by atoms with Crippen LogP contribution in [-0.4, -0.2) is 35.0 Å². The summed E-state index contributed by atoms with van der Waals surface area (Å²) in [4.78, 5) is 29.5. The van der Waals surface area contributed by atoms with Gasteiger partial charge in [-0.25, -0.2) is 4.98 Å². The van der Waals surface area contributed by atoms with E-state index in [1.165, 1.54) is 11.3 Å². The van der Waals surface area contributed by atoms with Crippen molar-refractivity contribution in [3.8, 4) is 5.75 Å². The Morgan fingerprint density at radius 2 is 2.11 bits per heavy atom. The topological polar surface area (TPSA) is 85.2 Å². The number of aromatic nitrogens is 2. The normalized spacial score (nSPS) is 10.8. The van der Waals surface area contributed by atoms with Crippen molar-refractivity contribution in [3.05, 3.63) is 41.0 Å². The molecular weight excluding hydrogens is 364 g/mol. The van der Waals surface area contributed by atoms with E-state index in [0.29, 0.717) is 30.2 Å². The Labute approximate surface area is 161 Å². The molecule has 0 spiro atoms. The zero-order valence-electron chi connectivity index (χ0n) is 15.5. The molecule has 0 fully saturated rings. The van der Waals surface area contributed by atoms with Crippen LogP contribution >= 0.6 is 11.3 Å². The lowest BCUT2D eigenvalue weighted by molar-refractivity contribution is -0.116. The van der Waals surface area contributed by atoms with Crippen LogP contribution in [0.4, 0.5) is 5.13 Å². The van der Waals surface area contributed by atoms with Crippen molar-refractivity contribution in [2.75, 3.05) is 19.0 Å². The summed E-state index contributed by atoms with van der Waals surface area (Å²) in [5.41, 5.74) is 1.53. The number of ether oxygens (including phenoxy) is 1. The zero-order valence-corrected chi connectivity index (χ0v) is 16.4. The Bertz CT molecular complexity index is 977. The van der Waals surface area contributed by atoms with Crippen molar-refractivity contribution in [2.24, 2.45) is 7.05 Å². The minimum atomic E-state index is -0.163. The standard InChI is InChI=1S/C19H22N4O3S/c1-12-11-21-19(27-12)22-17(24)5-4-8-20-18(25)16-10-13-9-14(26-3)6-7-15(13)23(16)2/h6-7,9-11H,4-5,8H2,1-3H3,(H,20,25)(H,21,22,24).